The molecule has 2 aliphatic rings. The predicted octanol–water partition coefficient (Wildman–Crippen LogP) is 2.42. The zero-order valence-electron chi connectivity index (χ0n) is 10.7. The minimum atomic E-state index is -0.893. The van der Waals surface area contributed by atoms with Crippen molar-refractivity contribution in [3.8, 4) is 11.8 Å². The van der Waals surface area contributed by atoms with Gasteiger partial charge < -0.3 is 9.47 Å². The van der Waals surface area contributed by atoms with E-state index in [2.05, 4.69) is 11.8 Å². The van der Waals surface area contributed by atoms with Crippen LogP contribution in [0.25, 0.3) is 0 Å². The monoisotopic (exact) mass is 254 g/mol. The first kappa shape index (κ1) is 12.0. The molecule has 96 valence electrons. The fourth-order valence-corrected chi connectivity index (χ4v) is 2.41. The second-order valence-electron chi connectivity index (χ2n) is 4.76. The Bertz CT molecular complexity index is 604. The number of rotatable bonds is 0. The highest BCUT2D eigenvalue weighted by Crippen LogP contribution is 2.39. The SMILES string of the molecule is C[C@@]12OCCCC1=C(C#Cc1ccccc1)C(=O)O2. The molecule has 0 saturated carbocycles. The van der Waals surface area contributed by atoms with Gasteiger partial charge in [-0.3, -0.25) is 0 Å². The van der Waals surface area contributed by atoms with Gasteiger partial charge in [0.25, 0.3) is 0 Å². The lowest BCUT2D eigenvalue weighted by Gasteiger charge is -2.30. The summed E-state index contributed by atoms with van der Waals surface area (Å²) in [6, 6.07) is 9.60. The minimum Gasteiger partial charge on any atom is -0.425 e. The fourth-order valence-electron chi connectivity index (χ4n) is 2.41. The first-order valence-electron chi connectivity index (χ1n) is 6.37. The molecule has 0 radical (unpaired) electrons. The summed E-state index contributed by atoms with van der Waals surface area (Å²) in [5.74, 6) is 4.68. The predicted molar refractivity (Wildman–Crippen MR) is 70.0 cm³/mol. The molecule has 0 N–H and O–H groups in total. The molecule has 0 aliphatic carbocycles. The Hall–Kier alpha value is -2.05. The van der Waals surface area contributed by atoms with E-state index in [4.69, 9.17) is 9.47 Å². The number of hydrogen-bond donors (Lipinski definition) is 0. The van der Waals surface area contributed by atoms with E-state index < -0.39 is 5.79 Å². The molecule has 19 heavy (non-hydrogen) atoms. The van der Waals surface area contributed by atoms with Gasteiger partial charge in [-0.05, 0) is 25.0 Å². The first-order valence-corrected chi connectivity index (χ1v) is 6.37. The summed E-state index contributed by atoms with van der Waals surface area (Å²) >= 11 is 0. The normalized spacial score (nSPS) is 25.4. The van der Waals surface area contributed by atoms with Crippen LogP contribution in [-0.2, 0) is 14.3 Å². The van der Waals surface area contributed by atoms with Gasteiger partial charge in [0.05, 0.1) is 6.61 Å². The summed E-state index contributed by atoms with van der Waals surface area (Å²) in [6.07, 6.45) is 1.71. The Morgan fingerprint density at radius 3 is 2.79 bits per heavy atom. The van der Waals surface area contributed by atoms with Crippen LogP contribution in [0.4, 0.5) is 0 Å². The molecular weight excluding hydrogens is 240 g/mol. The number of carbonyl (C=O) groups is 1. The van der Waals surface area contributed by atoms with Crippen LogP contribution in [0.3, 0.4) is 0 Å². The van der Waals surface area contributed by atoms with Crippen LogP contribution >= 0.6 is 0 Å². The van der Waals surface area contributed by atoms with Crippen molar-refractivity contribution in [3.63, 3.8) is 0 Å². The van der Waals surface area contributed by atoms with Crippen LogP contribution in [0, 0.1) is 11.8 Å². The molecule has 2 heterocycles. The van der Waals surface area contributed by atoms with Crippen molar-refractivity contribution in [3.05, 3.63) is 47.0 Å². The summed E-state index contributed by atoms with van der Waals surface area (Å²) in [5.41, 5.74) is 2.23. The van der Waals surface area contributed by atoms with E-state index in [9.17, 15) is 4.79 Å². The van der Waals surface area contributed by atoms with E-state index in [1.54, 1.807) is 6.92 Å². The Kier molecular flexibility index (Phi) is 2.88. The maximum Gasteiger partial charge on any atom is 0.349 e. The van der Waals surface area contributed by atoms with E-state index in [1.807, 2.05) is 30.3 Å². The molecule has 3 rings (SSSR count). The number of benzene rings is 1. The van der Waals surface area contributed by atoms with Crippen LogP contribution in [0.2, 0.25) is 0 Å². The standard InChI is InChI=1S/C16H14O3/c1-16-14(8-5-11-18-16)13(15(17)19-16)10-9-12-6-3-2-4-7-12/h2-4,6-7H,5,8,11H2,1H3/t16-/m0/s1. The zero-order valence-corrected chi connectivity index (χ0v) is 10.7. The molecule has 1 aromatic rings. The van der Waals surface area contributed by atoms with Crippen molar-refractivity contribution in [2.45, 2.75) is 25.6 Å². The van der Waals surface area contributed by atoms with Gasteiger partial charge in [-0.25, -0.2) is 4.79 Å². The number of hydrogen-bond acceptors (Lipinski definition) is 3. The smallest absolute Gasteiger partial charge is 0.349 e. The van der Waals surface area contributed by atoms with Gasteiger partial charge >= 0.3 is 5.97 Å². The Labute approximate surface area is 112 Å². The third kappa shape index (κ3) is 2.16. The molecule has 2 aliphatic heterocycles. The maximum absolute atomic E-state index is 11.9. The summed E-state index contributed by atoms with van der Waals surface area (Å²) in [5, 5.41) is 0. The molecular formula is C16H14O3. The molecule has 1 aromatic carbocycles. The lowest BCUT2D eigenvalue weighted by Crippen LogP contribution is -2.35. The van der Waals surface area contributed by atoms with Crippen molar-refractivity contribution in [2.75, 3.05) is 6.61 Å². The summed E-state index contributed by atoms with van der Waals surface area (Å²) in [7, 11) is 0. The molecule has 1 fully saturated rings. The topological polar surface area (TPSA) is 35.5 Å². The molecule has 0 aromatic heterocycles. The van der Waals surface area contributed by atoms with E-state index >= 15 is 0 Å². The van der Waals surface area contributed by atoms with Crippen molar-refractivity contribution >= 4 is 5.97 Å². The molecule has 1 atom stereocenters. The third-order valence-corrected chi connectivity index (χ3v) is 3.40. The van der Waals surface area contributed by atoms with E-state index in [0.29, 0.717) is 12.2 Å². The molecule has 0 unspecified atom stereocenters. The van der Waals surface area contributed by atoms with Gasteiger partial charge in [0.2, 0.25) is 5.79 Å². The Balaban J connectivity index is 1.98. The summed E-state index contributed by atoms with van der Waals surface area (Å²) < 4.78 is 10.9. The van der Waals surface area contributed by atoms with Crippen molar-refractivity contribution < 1.29 is 14.3 Å². The number of esters is 1. The highest BCUT2D eigenvalue weighted by atomic mass is 16.7. The van der Waals surface area contributed by atoms with Crippen molar-refractivity contribution in [1.29, 1.82) is 0 Å². The average molecular weight is 254 g/mol. The molecule has 0 bridgehead atoms. The molecule has 3 heteroatoms. The van der Waals surface area contributed by atoms with Gasteiger partial charge in [-0.15, -0.1) is 0 Å². The van der Waals surface area contributed by atoms with Gasteiger partial charge in [-0.1, -0.05) is 30.0 Å². The Morgan fingerprint density at radius 1 is 1.21 bits per heavy atom. The van der Waals surface area contributed by atoms with E-state index in [-0.39, 0.29) is 5.97 Å². The lowest BCUT2D eigenvalue weighted by atomic mass is 9.96. The van der Waals surface area contributed by atoms with Crippen LogP contribution in [-0.4, -0.2) is 18.4 Å². The Morgan fingerprint density at radius 2 is 2.00 bits per heavy atom. The quantitative estimate of drug-likeness (QED) is 0.527. The van der Waals surface area contributed by atoms with Crippen LogP contribution < -0.4 is 0 Å². The van der Waals surface area contributed by atoms with Gasteiger partial charge in [0.1, 0.15) is 5.57 Å². The maximum atomic E-state index is 11.9. The second kappa shape index (κ2) is 4.56. The summed E-state index contributed by atoms with van der Waals surface area (Å²) in [4.78, 5) is 11.9. The highest BCUT2D eigenvalue weighted by molar-refractivity contribution is 5.97. The van der Waals surface area contributed by atoms with Crippen molar-refractivity contribution in [2.24, 2.45) is 0 Å². The first-order chi connectivity index (χ1) is 9.19. The molecule has 1 saturated heterocycles. The van der Waals surface area contributed by atoms with Gasteiger partial charge in [0, 0.05) is 18.1 Å². The number of ether oxygens (including phenoxy) is 2. The summed E-state index contributed by atoms with van der Waals surface area (Å²) in [6.45, 7) is 2.41. The fraction of sp³-hybridized carbons (Fsp3) is 0.312. The number of fused-ring (bicyclic) bond motifs is 1. The van der Waals surface area contributed by atoms with Gasteiger partial charge in [0.15, 0.2) is 0 Å². The van der Waals surface area contributed by atoms with Gasteiger partial charge in [-0.2, -0.15) is 0 Å². The minimum absolute atomic E-state index is 0.372. The lowest BCUT2D eigenvalue weighted by molar-refractivity contribution is -0.201. The number of carbonyl (C=O) groups excluding carboxylic acids is 1. The molecule has 3 nitrogen and oxygen atoms in total. The molecule has 0 amide bonds. The molecule has 0 spiro atoms. The van der Waals surface area contributed by atoms with Crippen LogP contribution in [0.15, 0.2) is 41.5 Å². The van der Waals surface area contributed by atoms with E-state index in [1.165, 1.54) is 0 Å². The zero-order chi connectivity index (χ0) is 13.3. The van der Waals surface area contributed by atoms with Crippen LogP contribution in [0.1, 0.15) is 25.3 Å². The third-order valence-electron chi connectivity index (χ3n) is 3.40. The second-order valence-corrected chi connectivity index (χ2v) is 4.76. The van der Waals surface area contributed by atoms with E-state index in [0.717, 1.165) is 24.0 Å². The average Bonchev–Trinajstić information content (AvgIpc) is 2.67. The largest absolute Gasteiger partial charge is 0.425 e. The highest BCUT2D eigenvalue weighted by Gasteiger charge is 2.46. The van der Waals surface area contributed by atoms with Crippen LogP contribution in [0.5, 0.6) is 0 Å². The van der Waals surface area contributed by atoms with Crippen molar-refractivity contribution in [1.82, 2.24) is 0 Å².